The van der Waals surface area contributed by atoms with Crippen LogP contribution >= 0.6 is 23.2 Å². The first-order valence-electron chi connectivity index (χ1n) is 6.58. The van der Waals surface area contributed by atoms with Gasteiger partial charge in [0.15, 0.2) is 5.75 Å². The maximum Gasteiger partial charge on any atom is 0.343 e. The van der Waals surface area contributed by atoms with E-state index in [9.17, 15) is 4.79 Å². The molecule has 0 amide bonds. The normalized spacial score (nSPS) is 10.7. The van der Waals surface area contributed by atoms with E-state index >= 15 is 0 Å². The van der Waals surface area contributed by atoms with E-state index in [4.69, 9.17) is 27.9 Å². The lowest BCUT2D eigenvalue weighted by Crippen LogP contribution is -2.09. The first-order valence-corrected chi connectivity index (χ1v) is 7.33. The van der Waals surface area contributed by atoms with E-state index in [-0.39, 0.29) is 10.8 Å². The van der Waals surface area contributed by atoms with Gasteiger partial charge in [-0.05, 0) is 37.3 Å². The van der Waals surface area contributed by atoms with Crippen LogP contribution in [0.15, 0.2) is 48.7 Å². The van der Waals surface area contributed by atoms with Crippen LogP contribution in [0.5, 0.6) is 5.75 Å². The first-order chi connectivity index (χ1) is 10.6. The Hall–Kier alpha value is -2.10. The number of benzene rings is 2. The minimum atomic E-state index is -0.486. The first kappa shape index (κ1) is 14.8. The van der Waals surface area contributed by atoms with Crippen molar-refractivity contribution >= 4 is 40.1 Å². The van der Waals surface area contributed by atoms with Crippen molar-refractivity contribution < 1.29 is 9.53 Å². The summed E-state index contributed by atoms with van der Waals surface area (Å²) >= 11 is 12.3. The number of carbonyl (C=O) groups is 1. The average molecular weight is 332 g/mol. The molecule has 0 aliphatic rings. The van der Waals surface area contributed by atoms with Gasteiger partial charge in [0.05, 0.1) is 15.6 Å². The Balaban J connectivity index is 2.06. The molecule has 1 aromatic heterocycles. The molecule has 0 aliphatic heterocycles. The van der Waals surface area contributed by atoms with Crippen LogP contribution in [0.3, 0.4) is 0 Å². The zero-order valence-corrected chi connectivity index (χ0v) is 13.2. The third-order valence-corrected chi connectivity index (χ3v) is 3.79. The van der Waals surface area contributed by atoms with Crippen LogP contribution in [0.1, 0.15) is 15.9 Å². The van der Waals surface area contributed by atoms with E-state index in [1.54, 1.807) is 42.6 Å². The van der Waals surface area contributed by atoms with Gasteiger partial charge in [-0.1, -0.05) is 40.9 Å². The maximum atomic E-state index is 12.3. The molecule has 22 heavy (non-hydrogen) atoms. The van der Waals surface area contributed by atoms with Crippen LogP contribution in [-0.2, 0) is 0 Å². The van der Waals surface area contributed by atoms with Gasteiger partial charge in [0.2, 0.25) is 0 Å². The summed E-state index contributed by atoms with van der Waals surface area (Å²) in [6.45, 7) is 1.91. The molecule has 1 heterocycles. The quantitative estimate of drug-likeness (QED) is 0.486. The number of aryl methyl sites for hydroxylation is 1. The fourth-order valence-corrected chi connectivity index (χ4v) is 2.72. The van der Waals surface area contributed by atoms with E-state index in [0.29, 0.717) is 21.5 Å². The number of halogens is 2. The van der Waals surface area contributed by atoms with E-state index in [1.165, 1.54) is 0 Å². The highest BCUT2D eigenvalue weighted by atomic mass is 35.5. The smallest absolute Gasteiger partial charge is 0.343 e. The number of fused-ring (bicyclic) bond motifs is 1. The number of esters is 1. The van der Waals surface area contributed by atoms with Crippen molar-refractivity contribution in [1.82, 2.24) is 4.98 Å². The molecule has 0 aliphatic carbocycles. The van der Waals surface area contributed by atoms with Gasteiger partial charge < -0.3 is 4.74 Å². The molecule has 5 heteroatoms. The van der Waals surface area contributed by atoms with Gasteiger partial charge in [-0.3, -0.25) is 4.98 Å². The van der Waals surface area contributed by atoms with Gasteiger partial charge in [-0.2, -0.15) is 0 Å². The second-order valence-electron chi connectivity index (χ2n) is 4.83. The summed E-state index contributed by atoms with van der Waals surface area (Å²) in [5.74, 6) is -0.270. The highest BCUT2D eigenvalue weighted by Crippen LogP contribution is 2.37. The Bertz CT molecular complexity index is 878. The van der Waals surface area contributed by atoms with Gasteiger partial charge in [0.25, 0.3) is 0 Å². The van der Waals surface area contributed by atoms with E-state index in [1.807, 2.05) is 13.0 Å². The molecule has 3 rings (SSSR count). The van der Waals surface area contributed by atoms with Crippen molar-refractivity contribution in [3.8, 4) is 5.75 Å². The molecule has 0 N–H and O–H groups in total. The number of rotatable bonds is 2. The highest BCUT2D eigenvalue weighted by Gasteiger charge is 2.17. The minimum Gasteiger partial charge on any atom is -0.419 e. The van der Waals surface area contributed by atoms with Crippen molar-refractivity contribution in [2.75, 3.05) is 0 Å². The van der Waals surface area contributed by atoms with Crippen molar-refractivity contribution in [2.24, 2.45) is 0 Å². The fraction of sp³-hybridized carbons (Fsp3) is 0.0588. The largest absolute Gasteiger partial charge is 0.419 e. The van der Waals surface area contributed by atoms with E-state index in [2.05, 4.69) is 4.98 Å². The SMILES string of the molecule is Cc1cccc(C(=O)Oc2c(Cl)cc(Cl)c3cccnc23)c1. The summed E-state index contributed by atoms with van der Waals surface area (Å²) in [7, 11) is 0. The molecule has 110 valence electrons. The number of carbonyl (C=O) groups excluding carboxylic acids is 1. The minimum absolute atomic E-state index is 0.216. The summed E-state index contributed by atoms with van der Waals surface area (Å²) in [6, 6.07) is 12.2. The van der Waals surface area contributed by atoms with Crippen LogP contribution in [-0.4, -0.2) is 11.0 Å². The van der Waals surface area contributed by atoms with Gasteiger partial charge in [0.1, 0.15) is 5.52 Å². The molecule has 0 saturated carbocycles. The van der Waals surface area contributed by atoms with Gasteiger partial charge in [0, 0.05) is 11.6 Å². The Morgan fingerprint density at radius 2 is 1.91 bits per heavy atom. The Morgan fingerprint density at radius 3 is 2.68 bits per heavy atom. The average Bonchev–Trinajstić information content (AvgIpc) is 2.51. The summed E-state index contributed by atoms with van der Waals surface area (Å²) in [5.41, 5.74) is 1.88. The Morgan fingerprint density at radius 1 is 1.09 bits per heavy atom. The maximum absolute atomic E-state index is 12.3. The van der Waals surface area contributed by atoms with Crippen molar-refractivity contribution in [1.29, 1.82) is 0 Å². The lowest BCUT2D eigenvalue weighted by Gasteiger charge is -2.10. The molecular weight excluding hydrogens is 321 g/mol. The third kappa shape index (κ3) is 2.78. The van der Waals surface area contributed by atoms with Gasteiger partial charge in [-0.25, -0.2) is 4.79 Å². The lowest BCUT2D eigenvalue weighted by atomic mass is 10.1. The number of ether oxygens (including phenoxy) is 1. The van der Waals surface area contributed by atoms with Crippen LogP contribution in [0.2, 0.25) is 10.0 Å². The van der Waals surface area contributed by atoms with Crippen molar-refractivity contribution in [3.05, 3.63) is 69.8 Å². The van der Waals surface area contributed by atoms with Crippen molar-refractivity contribution in [2.45, 2.75) is 6.92 Å². The molecule has 0 saturated heterocycles. The topological polar surface area (TPSA) is 39.2 Å². The Labute approximate surface area is 137 Å². The monoisotopic (exact) mass is 331 g/mol. The highest BCUT2D eigenvalue weighted by molar-refractivity contribution is 6.39. The predicted octanol–water partition coefficient (Wildman–Crippen LogP) is 5.07. The molecule has 2 aromatic carbocycles. The zero-order valence-electron chi connectivity index (χ0n) is 11.6. The molecule has 0 bridgehead atoms. The lowest BCUT2D eigenvalue weighted by molar-refractivity contribution is 0.0737. The predicted molar refractivity (Wildman–Crippen MR) is 87.9 cm³/mol. The molecule has 0 fully saturated rings. The Kier molecular flexibility index (Phi) is 4.01. The molecule has 0 spiro atoms. The zero-order chi connectivity index (χ0) is 15.7. The molecule has 0 radical (unpaired) electrons. The molecule has 0 atom stereocenters. The third-order valence-electron chi connectivity index (χ3n) is 3.20. The number of hydrogen-bond acceptors (Lipinski definition) is 3. The standard InChI is InChI=1S/C17H11Cl2NO2/c1-10-4-2-5-11(8-10)17(21)22-16-14(19)9-13(18)12-6-3-7-20-15(12)16/h2-9H,1H3. The summed E-state index contributed by atoms with van der Waals surface area (Å²) in [6.07, 6.45) is 1.60. The van der Waals surface area contributed by atoms with Crippen LogP contribution < -0.4 is 4.74 Å². The van der Waals surface area contributed by atoms with Crippen LogP contribution in [0.4, 0.5) is 0 Å². The number of hydrogen-bond donors (Lipinski definition) is 0. The molecule has 3 aromatic rings. The number of aromatic nitrogens is 1. The van der Waals surface area contributed by atoms with Crippen LogP contribution in [0.25, 0.3) is 10.9 Å². The number of pyridine rings is 1. The van der Waals surface area contributed by atoms with E-state index in [0.717, 1.165) is 5.56 Å². The summed E-state index contributed by atoms with van der Waals surface area (Å²) < 4.78 is 5.46. The fourth-order valence-electron chi connectivity index (χ4n) is 2.17. The van der Waals surface area contributed by atoms with Crippen LogP contribution in [0, 0.1) is 6.92 Å². The van der Waals surface area contributed by atoms with Crippen molar-refractivity contribution in [3.63, 3.8) is 0 Å². The molecule has 0 unspecified atom stereocenters. The van der Waals surface area contributed by atoms with Gasteiger partial charge in [-0.15, -0.1) is 0 Å². The second kappa shape index (κ2) is 5.95. The molecule has 3 nitrogen and oxygen atoms in total. The second-order valence-corrected chi connectivity index (χ2v) is 5.64. The van der Waals surface area contributed by atoms with E-state index < -0.39 is 5.97 Å². The summed E-state index contributed by atoms with van der Waals surface area (Å²) in [5, 5.41) is 1.39. The summed E-state index contributed by atoms with van der Waals surface area (Å²) in [4.78, 5) is 16.5. The molecular formula is C17H11Cl2NO2. The van der Waals surface area contributed by atoms with Gasteiger partial charge >= 0.3 is 5.97 Å². The number of nitrogens with zero attached hydrogens (tertiary/aromatic N) is 1.